The summed E-state index contributed by atoms with van der Waals surface area (Å²) in [6, 6.07) is 7.85. The number of rotatable bonds is 3. The minimum atomic E-state index is -0.262. The Morgan fingerprint density at radius 3 is 2.86 bits per heavy atom. The van der Waals surface area contributed by atoms with E-state index < -0.39 is 0 Å². The molecule has 1 aromatic rings. The molecule has 0 saturated carbocycles. The van der Waals surface area contributed by atoms with E-state index in [4.69, 9.17) is 4.74 Å². The molecule has 1 rings (SSSR count). The summed E-state index contributed by atoms with van der Waals surface area (Å²) in [5.41, 5.74) is 1.07. The van der Waals surface area contributed by atoms with Gasteiger partial charge in [0.15, 0.2) is 0 Å². The summed E-state index contributed by atoms with van der Waals surface area (Å²) in [6.45, 7) is 1.71. The lowest BCUT2D eigenvalue weighted by molar-refractivity contribution is -0.139. The zero-order chi connectivity index (χ0) is 10.4. The van der Waals surface area contributed by atoms with Gasteiger partial charge in [0.05, 0.1) is 0 Å². The highest BCUT2D eigenvalue weighted by Gasteiger charge is 1.92. The third-order valence-electron chi connectivity index (χ3n) is 1.59. The molecular formula is C11H11BrO2. The van der Waals surface area contributed by atoms with Gasteiger partial charge >= 0.3 is 5.97 Å². The minimum Gasteiger partial charge on any atom is -0.462 e. The van der Waals surface area contributed by atoms with Crippen LogP contribution in [0.1, 0.15) is 12.5 Å². The van der Waals surface area contributed by atoms with Gasteiger partial charge in [0.25, 0.3) is 0 Å². The van der Waals surface area contributed by atoms with Crippen LogP contribution in [-0.4, -0.2) is 12.6 Å². The Bertz CT molecular complexity index is 345. The highest BCUT2D eigenvalue weighted by molar-refractivity contribution is 9.10. The van der Waals surface area contributed by atoms with E-state index >= 15 is 0 Å². The van der Waals surface area contributed by atoms with E-state index in [9.17, 15) is 4.79 Å². The Hall–Kier alpha value is -1.09. The predicted molar refractivity (Wildman–Crippen MR) is 59.8 cm³/mol. The Morgan fingerprint density at radius 1 is 1.50 bits per heavy atom. The van der Waals surface area contributed by atoms with Crippen LogP contribution in [0.15, 0.2) is 34.8 Å². The summed E-state index contributed by atoms with van der Waals surface area (Å²) in [5.74, 6) is -0.262. The number of hydrogen-bond acceptors (Lipinski definition) is 2. The quantitative estimate of drug-likeness (QED) is 0.776. The highest BCUT2D eigenvalue weighted by atomic mass is 79.9. The van der Waals surface area contributed by atoms with Crippen LogP contribution in [0.4, 0.5) is 0 Å². The third kappa shape index (κ3) is 3.75. The molecule has 0 aliphatic carbocycles. The Morgan fingerprint density at radius 2 is 2.21 bits per heavy atom. The van der Waals surface area contributed by atoms with E-state index in [1.165, 1.54) is 6.92 Å². The Labute approximate surface area is 91.7 Å². The van der Waals surface area contributed by atoms with Gasteiger partial charge in [0.2, 0.25) is 0 Å². The molecular weight excluding hydrogens is 244 g/mol. The van der Waals surface area contributed by atoms with Crippen molar-refractivity contribution in [2.45, 2.75) is 6.92 Å². The second-order valence-corrected chi connectivity index (χ2v) is 3.58. The molecule has 0 saturated heterocycles. The highest BCUT2D eigenvalue weighted by Crippen LogP contribution is 2.16. The van der Waals surface area contributed by atoms with E-state index in [1.807, 2.05) is 36.4 Å². The summed E-state index contributed by atoms with van der Waals surface area (Å²) >= 11 is 3.42. The SMILES string of the molecule is CC(=O)OCC=Cc1ccccc1Br. The van der Waals surface area contributed by atoms with Crippen molar-refractivity contribution in [1.82, 2.24) is 0 Å². The number of carbonyl (C=O) groups is 1. The summed E-state index contributed by atoms with van der Waals surface area (Å²) in [6.07, 6.45) is 3.72. The van der Waals surface area contributed by atoms with Gasteiger partial charge in [-0.05, 0) is 17.7 Å². The average molecular weight is 255 g/mol. The van der Waals surface area contributed by atoms with Crippen molar-refractivity contribution in [3.63, 3.8) is 0 Å². The molecule has 0 fully saturated rings. The largest absolute Gasteiger partial charge is 0.462 e. The van der Waals surface area contributed by atoms with Crippen molar-refractivity contribution in [1.29, 1.82) is 0 Å². The fraction of sp³-hybridized carbons (Fsp3) is 0.182. The van der Waals surface area contributed by atoms with E-state index in [2.05, 4.69) is 15.9 Å². The fourth-order valence-electron chi connectivity index (χ4n) is 0.951. The number of hydrogen-bond donors (Lipinski definition) is 0. The van der Waals surface area contributed by atoms with Crippen molar-refractivity contribution in [2.24, 2.45) is 0 Å². The molecule has 0 spiro atoms. The lowest BCUT2D eigenvalue weighted by Gasteiger charge is -1.97. The number of benzene rings is 1. The predicted octanol–water partition coefficient (Wildman–Crippen LogP) is 3.03. The average Bonchev–Trinajstić information content (AvgIpc) is 2.15. The smallest absolute Gasteiger partial charge is 0.302 e. The molecule has 2 nitrogen and oxygen atoms in total. The van der Waals surface area contributed by atoms with Crippen molar-refractivity contribution in [2.75, 3.05) is 6.61 Å². The van der Waals surface area contributed by atoms with Gasteiger partial charge in [0.1, 0.15) is 6.61 Å². The molecule has 0 amide bonds. The molecule has 0 aromatic heterocycles. The number of ether oxygens (including phenoxy) is 1. The molecule has 0 radical (unpaired) electrons. The van der Waals surface area contributed by atoms with Crippen LogP contribution >= 0.6 is 15.9 Å². The fourth-order valence-corrected chi connectivity index (χ4v) is 1.37. The number of halogens is 1. The second-order valence-electron chi connectivity index (χ2n) is 2.73. The zero-order valence-electron chi connectivity index (χ0n) is 7.87. The van der Waals surface area contributed by atoms with Crippen molar-refractivity contribution in [3.05, 3.63) is 40.4 Å². The molecule has 3 heteroatoms. The summed E-state index contributed by atoms with van der Waals surface area (Å²) < 4.78 is 5.79. The molecule has 0 N–H and O–H groups in total. The molecule has 14 heavy (non-hydrogen) atoms. The van der Waals surface area contributed by atoms with Crippen LogP contribution in [0.25, 0.3) is 6.08 Å². The summed E-state index contributed by atoms with van der Waals surface area (Å²) in [5, 5.41) is 0. The first-order chi connectivity index (χ1) is 6.70. The standard InChI is InChI=1S/C11H11BrO2/c1-9(13)14-8-4-6-10-5-2-3-7-11(10)12/h2-7H,8H2,1H3. The van der Waals surface area contributed by atoms with E-state index in [0.717, 1.165) is 10.0 Å². The van der Waals surface area contributed by atoms with Gasteiger partial charge in [-0.3, -0.25) is 4.79 Å². The van der Waals surface area contributed by atoms with Gasteiger partial charge in [0, 0.05) is 11.4 Å². The topological polar surface area (TPSA) is 26.3 Å². The minimum absolute atomic E-state index is 0.262. The van der Waals surface area contributed by atoms with Crippen LogP contribution < -0.4 is 0 Å². The van der Waals surface area contributed by atoms with Crippen LogP contribution in [0.3, 0.4) is 0 Å². The monoisotopic (exact) mass is 254 g/mol. The lowest BCUT2D eigenvalue weighted by atomic mass is 10.2. The second kappa shape index (κ2) is 5.60. The first kappa shape index (κ1) is 11.0. The maximum absolute atomic E-state index is 10.5. The molecule has 0 aliphatic rings. The lowest BCUT2D eigenvalue weighted by Crippen LogP contribution is -1.97. The number of esters is 1. The molecule has 0 unspecified atom stereocenters. The van der Waals surface area contributed by atoms with Crippen molar-refractivity contribution in [3.8, 4) is 0 Å². The molecule has 0 atom stereocenters. The first-order valence-corrected chi connectivity index (χ1v) is 5.04. The van der Waals surface area contributed by atoms with Crippen LogP contribution in [0, 0.1) is 0 Å². The van der Waals surface area contributed by atoms with Gasteiger partial charge in [-0.25, -0.2) is 0 Å². The first-order valence-electron chi connectivity index (χ1n) is 4.24. The van der Waals surface area contributed by atoms with E-state index in [0.29, 0.717) is 6.61 Å². The maximum atomic E-state index is 10.5. The van der Waals surface area contributed by atoms with Gasteiger partial charge < -0.3 is 4.74 Å². The molecule has 0 bridgehead atoms. The van der Waals surface area contributed by atoms with E-state index in [1.54, 1.807) is 0 Å². The van der Waals surface area contributed by atoms with Crippen LogP contribution in [-0.2, 0) is 9.53 Å². The van der Waals surface area contributed by atoms with E-state index in [-0.39, 0.29) is 5.97 Å². The van der Waals surface area contributed by atoms with Crippen molar-refractivity contribution < 1.29 is 9.53 Å². The molecule has 74 valence electrons. The van der Waals surface area contributed by atoms with Gasteiger partial charge in [-0.2, -0.15) is 0 Å². The van der Waals surface area contributed by atoms with Crippen molar-refractivity contribution >= 4 is 28.0 Å². The zero-order valence-corrected chi connectivity index (χ0v) is 9.45. The molecule has 1 aromatic carbocycles. The third-order valence-corrected chi connectivity index (χ3v) is 2.31. The van der Waals surface area contributed by atoms with Gasteiger partial charge in [-0.1, -0.05) is 40.2 Å². The normalized spacial score (nSPS) is 10.4. The number of carbonyl (C=O) groups excluding carboxylic acids is 1. The van der Waals surface area contributed by atoms with Crippen LogP contribution in [0.5, 0.6) is 0 Å². The Kier molecular flexibility index (Phi) is 4.40. The van der Waals surface area contributed by atoms with Gasteiger partial charge in [-0.15, -0.1) is 0 Å². The maximum Gasteiger partial charge on any atom is 0.302 e. The summed E-state index contributed by atoms with van der Waals surface area (Å²) in [7, 11) is 0. The van der Waals surface area contributed by atoms with Crippen LogP contribution in [0.2, 0.25) is 0 Å². The Balaban J connectivity index is 2.52. The molecule has 0 heterocycles. The summed E-state index contributed by atoms with van der Waals surface area (Å²) in [4.78, 5) is 10.5. The molecule has 0 aliphatic heterocycles.